The minimum atomic E-state index is 0.140. The van der Waals surface area contributed by atoms with Gasteiger partial charge >= 0.3 is 0 Å². The molecular formula is C18H20N2O3. The lowest BCUT2D eigenvalue weighted by Gasteiger charge is -2.12. The Balaban J connectivity index is 1.60. The summed E-state index contributed by atoms with van der Waals surface area (Å²) < 4.78 is 11.2. The second-order valence-corrected chi connectivity index (χ2v) is 5.63. The van der Waals surface area contributed by atoms with E-state index in [9.17, 15) is 4.79 Å². The number of ether oxygens (including phenoxy) is 2. The van der Waals surface area contributed by atoms with Crippen LogP contribution in [0.15, 0.2) is 42.7 Å². The largest absolute Gasteiger partial charge is 0.493 e. The third-order valence-corrected chi connectivity index (χ3v) is 3.76. The summed E-state index contributed by atoms with van der Waals surface area (Å²) in [6.45, 7) is 0.941. The van der Waals surface area contributed by atoms with Crippen molar-refractivity contribution in [2.24, 2.45) is 5.92 Å². The summed E-state index contributed by atoms with van der Waals surface area (Å²) >= 11 is 0. The van der Waals surface area contributed by atoms with E-state index < -0.39 is 0 Å². The zero-order valence-electron chi connectivity index (χ0n) is 13.1. The quantitative estimate of drug-likeness (QED) is 0.854. The van der Waals surface area contributed by atoms with Crippen LogP contribution in [0.5, 0.6) is 11.5 Å². The van der Waals surface area contributed by atoms with Crippen molar-refractivity contribution in [3.63, 3.8) is 0 Å². The number of carbonyl (C=O) groups excluding carboxylic acids is 1. The molecule has 5 heteroatoms. The van der Waals surface area contributed by atoms with E-state index in [1.807, 2.05) is 30.3 Å². The number of rotatable bonds is 7. The first-order chi connectivity index (χ1) is 11.3. The fraction of sp³-hybridized carbons (Fsp3) is 0.333. The van der Waals surface area contributed by atoms with Crippen molar-refractivity contribution >= 4 is 5.91 Å². The molecule has 0 atom stereocenters. The number of methoxy groups -OCH3 is 1. The molecule has 0 unspecified atom stereocenters. The van der Waals surface area contributed by atoms with Crippen LogP contribution in [0.1, 0.15) is 24.0 Å². The molecule has 1 amide bonds. The average Bonchev–Trinajstić information content (AvgIpc) is 3.44. The first-order valence-corrected chi connectivity index (χ1v) is 7.72. The van der Waals surface area contributed by atoms with Gasteiger partial charge < -0.3 is 14.8 Å². The summed E-state index contributed by atoms with van der Waals surface area (Å²) in [5.41, 5.74) is 1.99. The SMILES string of the molecule is COc1cc(CNC(=O)C2CC2)ccc1OCc1cccnc1. The maximum Gasteiger partial charge on any atom is 0.223 e. The molecule has 1 heterocycles. The zero-order valence-corrected chi connectivity index (χ0v) is 13.1. The Bertz CT molecular complexity index is 669. The fourth-order valence-corrected chi connectivity index (χ4v) is 2.26. The zero-order chi connectivity index (χ0) is 16.1. The van der Waals surface area contributed by atoms with Crippen LogP contribution in [0.3, 0.4) is 0 Å². The molecule has 120 valence electrons. The van der Waals surface area contributed by atoms with E-state index in [1.165, 1.54) is 0 Å². The second kappa shape index (κ2) is 7.13. The number of hydrogen-bond donors (Lipinski definition) is 1. The highest BCUT2D eigenvalue weighted by molar-refractivity contribution is 5.80. The standard InChI is InChI=1S/C18H20N2O3/c1-22-17-9-13(11-20-18(21)15-5-6-15)4-7-16(17)23-12-14-3-2-8-19-10-14/h2-4,7-10,15H,5-6,11-12H2,1H3,(H,20,21). The molecule has 0 aliphatic heterocycles. The number of amides is 1. The lowest BCUT2D eigenvalue weighted by molar-refractivity contribution is -0.122. The Hall–Kier alpha value is -2.56. The van der Waals surface area contributed by atoms with Crippen molar-refractivity contribution in [2.75, 3.05) is 7.11 Å². The van der Waals surface area contributed by atoms with Gasteiger partial charge in [-0.2, -0.15) is 0 Å². The van der Waals surface area contributed by atoms with Crippen LogP contribution in [-0.2, 0) is 17.9 Å². The molecule has 1 aromatic carbocycles. The van der Waals surface area contributed by atoms with E-state index >= 15 is 0 Å². The van der Waals surface area contributed by atoms with Gasteiger partial charge in [0.15, 0.2) is 11.5 Å². The summed E-state index contributed by atoms with van der Waals surface area (Å²) in [5.74, 6) is 1.69. The Morgan fingerprint density at radius 2 is 2.13 bits per heavy atom. The molecule has 0 radical (unpaired) electrons. The number of pyridine rings is 1. The maximum absolute atomic E-state index is 11.7. The number of carbonyl (C=O) groups is 1. The Morgan fingerprint density at radius 3 is 2.83 bits per heavy atom. The predicted octanol–water partition coefficient (Wildman–Crippen LogP) is 2.70. The van der Waals surface area contributed by atoms with E-state index in [2.05, 4.69) is 10.3 Å². The van der Waals surface area contributed by atoms with E-state index in [4.69, 9.17) is 9.47 Å². The highest BCUT2D eigenvalue weighted by Crippen LogP contribution is 2.30. The smallest absolute Gasteiger partial charge is 0.223 e. The van der Waals surface area contributed by atoms with Crippen LogP contribution < -0.4 is 14.8 Å². The summed E-state index contributed by atoms with van der Waals surface area (Å²) in [4.78, 5) is 15.7. The van der Waals surface area contributed by atoms with Gasteiger partial charge in [0.05, 0.1) is 7.11 Å². The summed E-state index contributed by atoms with van der Waals surface area (Å²) in [6.07, 6.45) is 5.52. The minimum Gasteiger partial charge on any atom is -0.493 e. The second-order valence-electron chi connectivity index (χ2n) is 5.63. The molecule has 1 N–H and O–H groups in total. The van der Waals surface area contributed by atoms with Crippen LogP contribution in [0, 0.1) is 5.92 Å². The maximum atomic E-state index is 11.7. The van der Waals surface area contributed by atoms with Crippen molar-refractivity contribution in [3.05, 3.63) is 53.9 Å². The van der Waals surface area contributed by atoms with Gasteiger partial charge in [-0.15, -0.1) is 0 Å². The van der Waals surface area contributed by atoms with Crippen molar-refractivity contribution in [1.82, 2.24) is 10.3 Å². The molecule has 1 fully saturated rings. The predicted molar refractivity (Wildman–Crippen MR) is 86.1 cm³/mol. The van der Waals surface area contributed by atoms with Crippen molar-refractivity contribution in [2.45, 2.75) is 26.0 Å². The number of nitrogens with zero attached hydrogens (tertiary/aromatic N) is 1. The summed E-state index contributed by atoms with van der Waals surface area (Å²) in [5, 5.41) is 2.95. The van der Waals surface area contributed by atoms with Gasteiger partial charge in [0.2, 0.25) is 5.91 Å². The fourth-order valence-electron chi connectivity index (χ4n) is 2.26. The Kier molecular flexibility index (Phi) is 4.76. The normalized spacial score (nSPS) is 13.4. The third-order valence-electron chi connectivity index (χ3n) is 3.76. The molecule has 0 bridgehead atoms. The van der Waals surface area contributed by atoms with E-state index in [-0.39, 0.29) is 11.8 Å². The molecule has 2 aromatic rings. The first kappa shape index (κ1) is 15.3. The van der Waals surface area contributed by atoms with E-state index in [0.29, 0.717) is 24.7 Å². The van der Waals surface area contributed by atoms with E-state index in [0.717, 1.165) is 24.0 Å². The molecule has 5 nitrogen and oxygen atoms in total. The van der Waals surface area contributed by atoms with Gasteiger partial charge in [-0.05, 0) is 36.6 Å². The van der Waals surface area contributed by atoms with E-state index in [1.54, 1.807) is 19.5 Å². The van der Waals surface area contributed by atoms with Crippen LogP contribution >= 0.6 is 0 Å². The van der Waals surface area contributed by atoms with Gasteiger partial charge in [-0.3, -0.25) is 9.78 Å². The lowest BCUT2D eigenvalue weighted by Crippen LogP contribution is -2.24. The summed E-state index contributed by atoms with van der Waals surface area (Å²) in [7, 11) is 1.61. The first-order valence-electron chi connectivity index (χ1n) is 7.72. The average molecular weight is 312 g/mol. The Labute approximate surface area is 135 Å². The highest BCUT2D eigenvalue weighted by Gasteiger charge is 2.29. The molecule has 3 rings (SSSR count). The van der Waals surface area contributed by atoms with Crippen molar-refractivity contribution < 1.29 is 14.3 Å². The number of hydrogen-bond acceptors (Lipinski definition) is 4. The molecule has 1 aromatic heterocycles. The third kappa shape index (κ3) is 4.22. The van der Waals surface area contributed by atoms with Crippen LogP contribution in [0.2, 0.25) is 0 Å². The highest BCUT2D eigenvalue weighted by atomic mass is 16.5. The van der Waals surface area contributed by atoms with Crippen LogP contribution in [-0.4, -0.2) is 18.0 Å². The molecule has 0 saturated heterocycles. The number of nitrogens with one attached hydrogen (secondary N) is 1. The molecule has 1 aliphatic rings. The van der Waals surface area contributed by atoms with Gasteiger partial charge in [-0.25, -0.2) is 0 Å². The number of aromatic nitrogens is 1. The van der Waals surface area contributed by atoms with Gasteiger partial charge in [0.25, 0.3) is 0 Å². The molecule has 1 aliphatic carbocycles. The van der Waals surface area contributed by atoms with Crippen LogP contribution in [0.4, 0.5) is 0 Å². The number of benzene rings is 1. The van der Waals surface area contributed by atoms with Gasteiger partial charge in [0, 0.05) is 30.4 Å². The molecule has 1 saturated carbocycles. The molecule has 23 heavy (non-hydrogen) atoms. The summed E-state index contributed by atoms with van der Waals surface area (Å²) in [6, 6.07) is 9.54. The minimum absolute atomic E-state index is 0.140. The van der Waals surface area contributed by atoms with Crippen LogP contribution in [0.25, 0.3) is 0 Å². The Morgan fingerprint density at radius 1 is 1.26 bits per heavy atom. The molecule has 0 spiro atoms. The van der Waals surface area contributed by atoms with Gasteiger partial charge in [0.1, 0.15) is 6.61 Å². The molecular weight excluding hydrogens is 292 g/mol. The van der Waals surface area contributed by atoms with Crippen molar-refractivity contribution in [3.8, 4) is 11.5 Å². The van der Waals surface area contributed by atoms with Crippen molar-refractivity contribution in [1.29, 1.82) is 0 Å². The van der Waals surface area contributed by atoms with Gasteiger partial charge in [-0.1, -0.05) is 12.1 Å². The topological polar surface area (TPSA) is 60.5 Å². The monoisotopic (exact) mass is 312 g/mol. The lowest BCUT2D eigenvalue weighted by atomic mass is 10.2.